The smallest absolute Gasteiger partial charge is 0.160 e. The number of halogens is 2. The molecule has 0 spiro atoms. The molecule has 86 valence electrons. The number of hydrogen-bond acceptors (Lipinski definition) is 2. The van der Waals surface area contributed by atoms with E-state index in [1.807, 2.05) is 6.07 Å². The van der Waals surface area contributed by atoms with Crippen molar-refractivity contribution in [1.82, 2.24) is 14.5 Å². The molecule has 0 N–H and O–H groups in total. The van der Waals surface area contributed by atoms with Crippen LogP contribution in [0, 0.1) is 5.92 Å². The zero-order valence-corrected chi connectivity index (χ0v) is 10.8. The third-order valence-corrected chi connectivity index (χ3v) is 2.74. The highest BCUT2D eigenvalue weighted by Crippen LogP contribution is 2.20. The highest BCUT2D eigenvalue weighted by Gasteiger charge is 2.12. The van der Waals surface area contributed by atoms with Crippen LogP contribution in [0.1, 0.15) is 19.7 Å². The van der Waals surface area contributed by atoms with Crippen molar-refractivity contribution in [2.75, 3.05) is 0 Å². The minimum absolute atomic E-state index is 0.390. The largest absolute Gasteiger partial charge is 0.311 e. The standard InChI is InChI=1S/C11H13Cl2N3/c1-7(2)6-16-10(4-12)15-9-3-8(13)5-14-11(9)16/h3,5,7H,4,6H2,1-2H3. The first-order valence-corrected chi connectivity index (χ1v) is 6.09. The Kier molecular flexibility index (Phi) is 3.36. The van der Waals surface area contributed by atoms with E-state index < -0.39 is 0 Å². The fourth-order valence-electron chi connectivity index (χ4n) is 1.69. The Hall–Kier alpha value is -0.800. The Morgan fingerprint density at radius 3 is 2.81 bits per heavy atom. The van der Waals surface area contributed by atoms with Gasteiger partial charge in [-0.1, -0.05) is 25.4 Å². The van der Waals surface area contributed by atoms with Gasteiger partial charge < -0.3 is 4.57 Å². The average molecular weight is 258 g/mol. The predicted octanol–water partition coefficient (Wildman–Crippen LogP) is 3.48. The highest BCUT2D eigenvalue weighted by molar-refractivity contribution is 6.31. The minimum atomic E-state index is 0.390. The van der Waals surface area contributed by atoms with Gasteiger partial charge in [-0.25, -0.2) is 9.97 Å². The van der Waals surface area contributed by atoms with E-state index in [9.17, 15) is 0 Å². The molecule has 0 radical (unpaired) electrons. The highest BCUT2D eigenvalue weighted by atomic mass is 35.5. The number of pyridine rings is 1. The fraction of sp³-hybridized carbons (Fsp3) is 0.455. The van der Waals surface area contributed by atoms with E-state index in [2.05, 4.69) is 28.4 Å². The van der Waals surface area contributed by atoms with Crippen molar-refractivity contribution in [3.8, 4) is 0 Å². The molecule has 0 bridgehead atoms. The number of rotatable bonds is 3. The summed E-state index contributed by atoms with van der Waals surface area (Å²) in [7, 11) is 0. The molecule has 2 aromatic heterocycles. The molecular weight excluding hydrogens is 245 g/mol. The number of hydrogen-bond donors (Lipinski definition) is 0. The van der Waals surface area contributed by atoms with Crippen molar-refractivity contribution >= 4 is 34.4 Å². The molecule has 0 fully saturated rings. The van der Waals surface area contributed by atoms with Crippen LogP contribution in [0.4, 0.5) is 0 Å². The van der Waals surface area contributed by atoms with Crippen LogP contribution >= 0.6 is 23.2 Å². The summed E-state index contributed by atoms with van der Waals surface area (Å²) in [6, 6.07) is 1.82. The van der Waals surface area contributed by atoms with Gasteiger partial charge in [-0.2, -0.15) is 0 Å². The van der Waals surface area contributed by atoms with Crippen LogP contribution in [-0.4, -0.2) is 14.5 Å². The molecular formula is C11H13Cl2N3. The van der Waals surface area contributed by atoms with Crippen LogP contribution < -0.4 is 0 Å². The Balaban J connectivity index is 2.59. The fourth-order valence-corrected chi connectivity index (χ4v) is 2.05. The monoisotopic (exact) mass is 257 g/mol. The maximum Gasteiger partial charge on any atom is 0.160 e. The van der Waals surface area contributed by atoms with Crippen LogP contribution in [0.2, 0.25) is 5.02 Å². The van der Waals surface area contributed by atoms with Crippen molar-refractivity contribution in [3.63, 3.8) is 0 Å². The van der Waals surface area contributed by atoms with Gasteiger partial charge in [0, 0.05) is 12.7 Å². The van der Waals surface area contributed by atoms with Crippen molar-refractivity contribution in [2.24, 2.45) is 5.92 Å². The third-order valence-electron chi connectivity index (χ3n) is 2.30. The Morgan fingerprint density at radius 2 is 2.19 bits per heavy atom. The summed E-state index contributed by atoms with van der Waals surface area (Å²) in [5.41, 5.74) is 1.66. The molecule has 0 saturated heterocycles. The van der Waals surface area contributed by atoms with Gasteiger partial charge in [-0.15, -0.1) is 11.6 Å². The first-order valence-electron chi connectivity index (χ1n) is 5.18. The molecule has 3 nitrogen and oxygen atoms in total. The van der Waals surface area contributed by atoms with Gasteiger partial charge in [0.05, 0.1) is 10.9 Å². The van der Waals surface area contributed by atoms with Crippen LogP contribution in [0.3, 0.4) is 0 Å². The Morgan fingerprint density at radius 1 is 1.44 bits per heavy atom. The second kappa shape index (κ2) is 4.60. The molecule has 16 heavy (non-hydrogen) atoms. The predicted molar refractivity (Wildman–Crippen MR) is 66.9 cm³/mol. The van der Waals surface area contributed by atoms with Crippen molar-refractivity contribution < 1.29 is 0 Å². The lowest BCUT2D eigenvalue weighted by Gasteiger charge is -2.09. The molecule has 0 aromatic carbocycles. The van der Waals surface area contributed by atoms with E-state index in [0.717, 1.165) is 23.5 Å². The van der Waals surface area contributed by atoms with Crippen LogP contribution in [0.15, 0.2) is 12.3 Å². The number of nitrogens with zero attached hydrogens (tertiary/aromatic N) is 3. The topological polar surface area (TPSA) is 30.7 Å². The van der Waals surface area contributed by atoms with E-state index in [0.29, 0.717) is 16.8 Å². The van der Waals surface area contributed by atoms with Crippen LogP contribution in [-0.2, 0) is 12.4 Å². The van der Waals surface area contributed by atoms with Gasteiger partial charge in [-0.05, 0) is 12.0 Å². The average Bonchev–Trinajstić information content (AvgIpc) is 2.55. The van der Waals surface area contributed by atoms with E-state index in [4.69, 9.17) is 23.2 Å². The summed E-state index contributed by atoms with van der Waals surface area (Å²) < 4.78 is 2.06. The zero-order valence-electron chi connectivity index (χ0n) is 9.24. The lowest BCUT2D eigenvalue weighted by atomic mass is 10.2. The summed E-state index contributed by atoms with van der Waals surface area (Å²) in [4.78, 5) is 8.74. The van der Waals surface area contributed by atoms with E-state index >= 15 is 0 Å². The third kappa shape index (κ3) is 2.15. The second-order valence-corrected chi connectivity index (χ2v) is 4.87. The number of imidazole rings is 1. The van der Waals surface area contributed by atoms with E-state index in [-0.39, 0.29) is 0 Å². The molecule has 0 aliphatic carbocycles. The Bertz CT molecular complexity index is 505. The van der Waals surface area contributed by atoms with Crippen molar-refractivity contribution in [2.45, 2.75) is 26.3 Å². The van der Waals surface area contributed by atoms with Crippen LogP contribution in [0.5, 0.6) is 0 Å². The number of alkyl halides is 1. The van der Waals surface area contributed by atoms with E-state index in [1.54, 1.807) is 6.20 Å². The molecule has 0 unspecified atom stereocenters. The summed E-state index contributed by atoms with van der Waals surface area (Å²) in [6.45, 7) is 5.17. The normalized spacial score (nSPS) is 11.6. The summed E-state index contributed by atoms with van der Waals surface area (Å²) in [6.07, 6.45) is 1.64. The van der Waals surface area contributed by atoms with Gasteiger partial charge >= 0.3 is 0 Å². The van der Waals surface area contributed by atoms with Gasteiger partial charge in [0.15, 0.2) is 5.65 Å². The van der Waals surface area contributed by atoms with E-state index in [1.165, 1.54) is 0 Å². The van der Waals surface area contributed by atoms with Gasteiger partial charge in [0.25, 0.3) is 0 Å². The van der Waals surface area contributed by atoms with Gasteiger partial charge in [0.1, 0.15) is 11.3 Å². The molecule has 0 atom stereocenters. The lowest BCUT2D eigenvalue weighted by Crippen LogP contribution is -2.08. The minimum Gasteiger partial charge on any atom is -0.311 e. The SMILES string of the molecule is CC(C)Cn1c(CCl)nc2cc(Cl)cnc21. The summed E-state index contributed by atoms with van der Waals surface area (Å²) in [5.74, 6) is 1.76. The quantitative estimate of drug-likeness (QED) is 0.789. The molecule has 0 aliphatic heterocycles. The maximum atomic E-state index is 5.88. The van der Waals surface area contributed by atoms with Gasteiger partial charge in [0.2, 0.25) is 0 Å². The first-order chi connectivity index (χ1) is 7.61. The summed E-state index contributed by atoms with van der Waals surface area (Å²) >= 11 is 11.8. The molecule has 5 heteroatoms. The Labute approximate surface area is 104 Å². The zero-order chi connectivity index (χ0) is 11.7. The molecule has 0 aliphatic rings. The molecule has 2 heterocycles. The number of aromatic nitrogens is 3. The first kappa shape index (κ1) is 11.7. The second-order valence-electron chi connectivity index (χ2n) is 4.16. The molecule has 0 amide bonds. The lowest BCUT2D eigenvalue weighted by molar-refractivity contribution is 0.520. The molecule has 2 aromatic rings. The maximum absolute atomic E-state index is 5.88. The molecule has 0 saturated carbocycles. The van der Waals surface area contributed by atoms with Crippen molar-refractivity contribution in [3.05, 3.63) is 23.1 Å². The number of fused-ring (bicyclic) bond motifs is 1. The van der Waals surface area contributed by atoms with Gasteiger partial charge in [-0.3, -0.25) is 0 Å². The van der Waals surface area contributed by atoms with Crippen molar-refractivity contribution in [1.29, 1.82) is 0 Å². The summed E-state index contributed by atoms with van der Waals surface area (Å²) in [5, 5.41) is 0.600. The van der Waals surface area contributed by atoms with Crippen LogP contribution in [0.25, 0.3) is 11.2 Å². The molecule has 2 rings (SSSR count).